The van der Waals surface area contributed by atoms with Crippen molar-refractivity contribution < 1.29 is 14.3 Å². The molecule has 1 amide bonds. The van der Waals surface area contributed by atoms with Crippen molar-refractivity contribution in [3.05, 3.63) is 40.3 Å². The van der Waals surface area contributed by atoms with E-state index in [1.165, 1.54) is 12.4 Å². The first-order valence-electron chi connectivity index (χ1n) is 10.1. The van der Waals surface area contributed by atoms with Gasteiger partial charge in [0.15, 0.2) is 0 Å². The van der Waals surface area contributed by atoms with Gasteiger partial charge in [-0.2, -0.15) is 9.97 Å². The van der Waals surface area contributed by atoms with Crippen LogP contribution in [-0.2, 0) is 17.8 Å². The van der Waals surface area contributed by atoms with Crippen LogP contribution < -0.4 is 15.0 Å². The Balaban J connectivity index is 1.43. The van der Waals surface area contributed by atoms with E-state index in [4.69, 9.17) is 9.47 Å². The molecule has 1 fully saturated rings. The Morgan fingerprint density at radius 3 is 2.45 bits per heavy atom. The van der Waals surface area contributed by atoms with Gasteiger partial charge in [0.25, 0.3) is 5.56 Å². The normalized spacial score (nSPS) is 15.5. The zero-order valence-electron chi connectivity index (χ0n) is 18.0. The number of aromatic nitrogens is 4. The van der Waals surface area contributed by atoms with Gasteiger partial charge < -0.3 is 19.4 Å². The Bertz CT molecular complexity index is 910. The molecule has 3 rings (SSSR count). The average molecular weight is 449 g/mol. The molecule has 1 aliphatic heterocycles. The number of thioether (sulfide) groups is 1. The highest BCUT2D eigenvalue weighted by atomic mass is 32.2. The number of aromatic amines is 1. The van der Waals surface area contributed by atoms with Crippen molar-refractivity contribution in [1.82, 2.24) is 29.7 Å². The highest BCUT2D eigenvalue weighted by molar-refractivity contribution is 8.00. The molecule has 1 atom stereocenters. The number of hydrogen-bond acceptors (Lipinski definition) is 9. The van der Waals surface area contributed by atoms with Gasteiger partial charge in [-0.25, -0.2) is 4.98 Å². The number of ether oxygens (including phenoxy) is 2. The van der Waals surface area contributed by atoms with E-state index in [9.17, 15) is 9.59 Å². The summed E-state index contributed by atoms with van der Waals surface area (Å²) in [6, 6.07) is 3.14. The number of carbonyl (C=O) groups excluding carboxylic acids is 1. The molecule has 1 unspecified atom stereocenters. The van der Waals surface area contributed by atoms with E-state index in [1.54, 1.807) is 32.0 Å². The summed E-state index contributed by atoms with van der Waals surface area (Å²) < 4.78 is 10.4. The molecule has 0 bridgehead atoms. The summed E-state index contributed by atoms with van der Waals surface area (Å²) in [5, 5.41) is 0.194. The lowest BCUT2D eigenvalue weighted by molar-refractivity contribution is -0.130. The summed E-state index contributed by atoms with van der Waals surface area (Å²) >= 11 is 1.59. The first-order valence-corrected chi connectivity index (χ1v) is 11.1. The van der Waals surface area contributed by atoms with Crippen LogP contribution in [0, 0.1) is 0 Å². The van der Waals surface area contributed by atoms with E-state index >= 15 is 0 Å². The molecule has 168 valence electrons. The molecule has 10 nitrogen and oxygen atoms in total. The molecule has 1 aliphatic rings. The third-order valence-electron chi connectivity index (χ3n) is 4.96. The molecule has 0 aromatic carbocycles. The number of carbonyl (C=O) groups is 1. The van der Waals surface area contributed by atoms with Crippen LogP contribution in [-0.4, -0.2) is 87.0 Å². The quantitative estimate of drug-likeness (QED) is 0.588. The van der Waals surface area contributed by atoms with E-state index in [0.29, 0.717) is 49.4 Å². The van der Waals surface area contributed by atoms with Crippen LogP contribution in [0.4, 0.5) is 0 Å². The lowest BCUT2D eigenvalue weighted by atomic mass is 10.2. The fourth-order valence-electron chi connectivity index (χ4n) is 3.26. The van der Waals surface area contributed by atoms with E-state index in [2.05, 4.69) is 24.8 Å². The smallest absolute Gasteiger partial charge is 0.250 e. The Hall–Kier alpha value is -2.66. The summed E-state index contributed by atoms with van der Waals surface area (Å²) in [4.78, 5) is 43.5. The highest BCUT2D eigenvalue weighted by Gasteiger charge is 2.22. The minimum atomic E-state index is -0.158. The fraction of sp³-hybridized carbons (Fsp3) is 0.550. The summed E-state index contributed by atoms with van der Waals surface area (Å²) in [5.41, 5.74) is 0.579. The van der Waals surface area contributed by atoms with Crippen LogP contribution in [0.15, 0.2) is 23.3 Å². The minimum absolute atomic E-state index is 0.134. The zero-order valence-corrected chi connectivity index (χ0v) is 18.9. The molecule has 1 saturated heterocycles. The Kier molecular flexibility index (Phi) is 8.24. The molecule has 2 aromatic heterocycles. The monoisotopic (exact) mass is 448 g/mol. The molecule has 31 heavy (non-hydrogen) atoms. The summed E-state index contributed by atoms with van der Waals surface area (Å²) in [7, 11) is 3.12. The van der Waals surface area contributed by atoms with Crippen molar-refractivity contribution in [3.63, 3.8) is 0 Å². The number of amides is 1. The lowest BCUT2D eigenvalue weighted by Gasteiger charge is -2.34. The molecule has 3 heterocycles. The summed E-state index contributed by atoms with van der Waals surface area (Å²) in [6.45, 7) is 5.47. The molecule has 0 saturated carbocycles. The molecule has 11 heteroatoms. The zero-order chi connectivity index (χ0) is 22.2. The molecule has 1 N–H and O–H groups in total. The van der Waals surface area contributed by atoms with Crippen molar-refractivity contribution in [2.24, 2.45) is 0 Å². The second kappa shape index (κ2) is 11.1. The molecular weight excluding hydrogens is 420 g/mol. The maximum atomic E-state index is 12.6. The summed E-state index contributed by atoms with van der Waals surface area (Å²) in [5.74, 6) is 2.12. The SMILES string of the molecule is COc1cc(OC)nc(CN2CCN(C(=O)CSC(C)Cc3cc(=O)[nH]cn3)CC2)n1. The van der Waals surface area contributed by atoms with Crippen molar-refractivity contribution >= 4 is 17.7 Å². The van der Waals surface area contributed by atoms with Gasteiger partial charge in [0.1, 0.15) is 5.82 Å². The number of nitrogens with one attached hydrogen (secondary N) is 1. The minimum Gasteiger partial charge on any atom is -0.481 e. The van der Waals surface area contributed by atoms with Crippen LogP contribution in [0.25, 0.3) is 0 Å². The van der Waals surface area contributed by atoms with Gasteiger partial charge in [-0.15, -0.1) is 11.8 Å². The van der Waals surface area contributed by atoms with Crippen molar-refractivity contribution in [3.8, 4) is 11.8 Å². The van der Waals surface area contributed by atoms with E-state index in [-0.39, 0.29) is 16.7 Å². The fourth-order valence-corrected chi connectivity index (χ4v) is 4.16. The van der Waals surface area contributed by atoms with Crippen molar-refractivity contribution in [2.75, 3.05) is 46.2 Å². The topological polar surface area (TPSA) is 114 Å². The van der Waals surface area contributed by atoms with Crippen molar-refractivity contribution in [2.45, 2.75) is 25.1 Å². The Labute approximate surface area is 185 Å². The van der Waals surface area contributed by atoms with Gasteiger partial charge in [-0.3, -0.25) is 14.5 Å². The average Bonchev–Trinajstić information content (AvgIpc) is 2.77. The second-order valence-corrected chi connectivity index (χ2v) is 8.68. The molecule has 0 radical (unpaired) electrons. The number of piperazine rings is 1. The third-order valence-corrected chi connectivity index (χ3v) is 6.11. The summed E-state index contributed by atoms with van der Waals surface area (Å²) in [6.07, 6.45) is 2.06. The van der Waals surface area contributed by atoms with Crippen LogP contribution >= 0.6 is 11.8 Å². The first-order chi connectivity index (χ1) is 15.0. The van der Waals surface area contributed by atoms with Gasteiger partial charge in [-0.1, -0.05) is 6.92 Å². The molecule has 0 spiro atoms. The number of hydrogen-bond donors (Lipinski definition) is 1. The highest BCUT2D eigenvalue weighted by Crippen LogP contribution is 2.18. The maximum absolute atomic E-state index is 12.6. The first kappa shape index (κ1) is 23.0. The van der Waals surface area contributed by atoms with Crippen LogP contribution in [0.5, 0.6) is 11.8 Å². The van der Waals surface area contributed by atoms with Gasteiger partial charge in [0.05, 0.1) is 38.9 Å². The number of nitrogens with zero attached hydrogens (tertiary/aromatic N) is 5. The standard InChI is InChI=1S/C20H28N6O4S/c1-14(8-15-9-17(27)22-13-21-15)31-12-20(28)26-6-4-25(5-7-26)11-16-23-18(29-2)10-19(24-16)30-3/h9-10,13-14H,4-8,11-12H2,1-3H3,(H,21,22,27). The third kappa shape index (κ3) is 6.93. The number of H-pyrrole nitrogens is 1. The largest absolute Gasteiger partial charge is 0.481 e. The van der Waals surface area contributed by atoms with Gasteiger partial charge >= 0.3 is 0 Å². The van der Waals surface area contributed by atoms with Crippen LogP contribution in [0.1, 0.15) is 18.4 Å². The second-order valence-electron chi connectivity index (χ2n) is 7.25. The van der Waals surface area contributed by atoms with Gasteiger partial charge in [0.2, 0.25) is 17.7 Å². The predicted molar refractivity (Wildman–Crippen MR) is 117 cm³/mol. The molecule has 2 aromatic rings. The van der Waals surface area contributed by atoms with E-state index < -0.39 is 0 Å². The Morgan fingerprint density at radius 1 is 1.16 bits per heavy atom. The van der Waals surface area contributed by atoms with E-state index in [0.717, 1.165) is 18.8 Å². The van der Waals surface area contributed by atoms with Gasteiger partial charge in [-0.05, 0) is 0 Å². The molecule has 0 aliphatic carbocycles. The predicted octanol–water partition coefficient (Wildman–Crippen LogP) is 0.586. The lowest BCUT2D eigenvalue weighted by Crippen LogP contribution is -2.49. The number of methoxy groups -OCH3 is 2. The van der Waals surface area contributed by atoms with E-state index in [1.807, 2.05) is 11.8 Å². The van der Waals surface area contributed by atoms with Crippen molar-refractivity contribution in [1.29, 1.82) is 0 Å². The van der Waals surface area contributed by atoms with Crippen LogP contribution in [0.2, 0.25) is 0 Å². The van der Waals surface area contributed by atoms with Gasteiger partial charge in [0, 0.05) is 49.6 Å². The molecular formula is C20H28N6O4S. The van der Waals surface area contributed by atoms with Crippen LogP contribution in [0.3, 0.4) is 0 Å². The maximum Gasteiger partial charge on any atom is 0.250 e. The number of rotatable bonds is 9. The Morgan fingerprint density at radius 2 is 1.84 bits per heavy atom.